The fourth-order valence-electron chi connectivity index (χ4n) is 2.10. The third kappa shape index (κ3) is 2.55. The first kappa shape index (κ1) is 13.5. The molecule has 0 saturated heterocycles. The Bertz CT molecular complexity index is 844. The number of amides is 1. The van der Waals surface area contributed by atoms with Crippen molar-refractivity contribution in [3.63, 3.8) is 0 Å². The zero-order chi connectivity index (χ0) is 15.0. The minimum Gasteiger partial charge on any atom is -0.399 e. The van der Waals surface area contributed by atoms with Gasteiger partial charge >= 0.3 is 0 Å². The number of H-pyrrole nitrogens is 1. The minimum absolute atomic E-state index is 0.0454. The molecule has 1 amide bonds. The van der Waals surface area contributed by atoms with Gasteiger partial charge < -0.3 is 16.0 Å². The number of carbonyl (C=O) groups is 1. The van der Waals surface area contributed by atoms with Crippen LogP contribution in [0.3, 0.4) is 0 Å². The molecular weight excluding hydrogens is 293 g/mol. The van der Waals surface area contributed by atoms with Gasteiger partial charge in [-0.1, -0.05) is 11.6 Å². The number of aromatic nitrogens is 1. The van der Waals surface area contributed by atoms with Gasteiger partial charge in [-0.3, -0.25) is 4.79 Å². The third-order valence-corrected chi connectivity index (χ3v) is 3.42. The van der Waals surface area contributed by atoms with Gasteiger partial charge in [-0.25, -0.2) is 4.39 Å². The minimum atomic E-state index is -0.533. The third-order valence-electron chi connectivity index (χ3n) is 3.13. The van der Waals surface area contributed by atoms with E-state index in [1.165, 1.54) is 18.2 Å². The monoisotopic (exact) mass is 303 g/mol. The van der Waals surface area contributed by atoms with Gasteiger partial charge in [0.15, 0.2) is 0 Å². The van der Waals surface area contributed by atoms with E-state index < -0.39 is 5.82 Å². The first-order valence-corrected chi connectivity index (χ1v) is 6.55. The lowest BCUT2D eigenvalue weighted by atomic mass is 10.1. The molecule has 1 aromatic heterocycles. The number of anilines is 2. The molecule has 0 aliphatic heterocycles. The van der Waals surface area contributed by atoms with Gasteiger partial charge in [0.25, 0.3) is 5.91 Å². The molecule has 0 atom stereocenters. The van der Waals surface area contributed by atoms with Crippen molar-refractivity contribution >= 4 is 39.8 Å². The molecule has 0 bridgehead atoms. The van der Waals surface area contributed by atoms with Crippen LogP contribution >= 0.6 is 11.6 Å². The normalized spacial score (nSPS) is 10.8. The van der Waals surface area contributed by atoms with Crippen molar-refractivity contribution in [2.45, 2.75) is 0 Å². The lowest BCUT2D eigenvalue weighted by Gasteiger charge is -2.05. The highest BCUT2D eigenvalue weighted by molar-refractivity contribution is 6.31. The van der Waals surface area contributed by atoms with E-state index in [1.807, 2.05) is 0 Å². The molecule has 4 N–H and O–H groups in total. The number of aromatic amines is 1. The summed E-state index contributed by atoms with van der Waals surface area (Å²) in [5.41, 5.74) is 8.00. The summed E-state index contributed by atoms with van der Waals surface area (Å²) in [6.45, 7) is 0. The summed E-state index contributed by atoms with van der Waals surface area (Å²) in [4.78, 5) is 15.3. The molecule has 0 unspecified atom stereocenters. The lowest BCUT2D eigenvalue weighted by Crippen LogP contribution is -2.11. The van der Waals surface area contributed by atoms with Gasteiger partial charge in [-0.05, 0) is 36.4 Å². The number of nitrogens with one attached hydrogen (secondary N) is 2. The van der Waals surface area contributed by atoms with Crippen molar-refractivity contribution in [1.82, 2.24) is 4.98 Å². The molecule has 3 rings (SSSR count). The zero-order valence-corrected chi connectivity index (χ0v) is 11.5. The van der Waals surface area contributed by atoms with Crippen LogP contribution in [0.2, 0.25) is 5.02 Å². The summed E-state index contributed by atoms with van der Waals surface area (Å²) in [5, 5.41) is 3.35. The van der Waals surface area contributed by atoms with E-state index in [-0.39, 0.29) is 10.9 Å². The predicted octanol–water partition coefficient (Wildman–Crippen LogP) is 3.79. The standard InChI is InChI=1S/C15H11ClFN3O/c16-12-6-9(2-3-13(12)17)20-15(21)11-7-19-14-4-1-8(18)5-10(11)14/h1-7,19H,18H2,(H,20,21). The van der Waals surface area contributed by atoms with Crippen LogP contribution in [0.5, 0.6) is 0 Å². The number of hydrogen-bond acceptors (Lipinski definition) is 2. The van der Waals surface area contributed by atoms with Gasteiger partial charge in [0, 0.05) is 28.5 Å². The topological polar surface area (TPSA) is 70.9 Å². The van der Waals surface area contributed by atoms with Crippen LogP contribution in [0.25, 0.3) is 10.9 Å². The molecule has 0 aliphatic rings. The Kier molecular flexibility index (Phi) is 3.27. The summed E-state index contributed by atoms with van der Waals surface area (Å²) in [6.07, 6.45) is 1.60. The average molecular weight is 304 g/mol. The highest BCUT2D eigenvalue weighted by atomic mass is 35.5. The highest BCUT2D eigenvalue weighted by Gasteiger charge is 2.13. The van der Waals surface area contributed by atoms with Crippen LogP contribution in [0.15, 0.2) is 42.6 Å². The zero-order valence-electron chi connectivity index (χ0n) is 10.8. The molecule has 0 saturated carbocycles. The van der Waals surface area contributed by atoms with Crippen LogP contribution in [0.4, 0.5) is 15.8 Å². The van der Waals surface area contributed by atoms with Crippen molar-refractivity contribution in [1.29, 1.82) is 0 Å². The van der Waals surface area contributed by atoms with Crippen molar-refractivity contribution in [3.05, 3.63) is 59.0 Å². The summed E-state index contributed by atoms with van der Waals surface area (Å²) in [7, 11) is 0. The Labute approximate surface area is 124 Å². The van der Waals surface area contributed by atoms with Crippen LogP contribution in [0, 0.1) is 5.82 Å². The summed E-state index contributed by atoms with van der Waals surface area (Å²) < 4.78 is 13.1. The highest BCUT2D eigenvalue weighted by Crippen LogP contribution is 2.23. The van der Waals surface area contributed by atoms with E-state index >= 15 is 0 Å². The Morgan fingerprint density at radius 2 is 2.05 bits per heavy atom. The first-order valence-electron chi connectivity index (χ1n) is 6.17. The number of nitrogen functional groups attached to an aromatic ring is 1. The number of carbonyl (C=O) groups excluding carboxylic acids is 1. The van der Waals surface area contributed by atoms with Gasteiger partial charge in [0.2, 0.25) is 0 Å². The molecule has 1 heterocycles. The number of hydrogen-bond donors (Lipinski definition) is 3. The Balaban J connectivity index is 1.93. The molecular formula is C15H11ClFN3O. The maximum absolute atomic E-state index is 13.1. The molecule has 0 spiro atoms. The van der Waals surface area contributed by atoms with Crippen molar-refractivity contribution in [2.75, 3.05) is 11.1 Å². The second kappa shape index (κ2) is 5.10. The maximum atomic E-state index is 13.1. The van der Waals surface area contributed by atoms with Crippen LogP contribution < -0.4 is 11.1 Å². The summed E-state index contributed by atoms with van der Waals surface area (Å²) in [5.74, 6) is -0.857. The van der Waals surface area contributed by atoms with E-state index in [2.05, 4.69) is 10.3 Å². The van der Waals surface area contributed by atoms with Gasteiger partial charge in [0.1, 0.15) is 5.82 Å². The number of benzene rings is 2. The van der Waals surface area contributed by atoms with Gasteiger partial charge in [-0.15, -0.1) is 0 Å². The van der Waals surface area contributed by atoms with E-state index in [0.29, 0.717) is 16.9 Å². The fourth-order valence-corrected chi connectivity index (χ4v) is 2.28. The van der Waals surface area contributed by atoms with Crippen molar-refractivity contribution in [3.8, 4) is 0 Å². The molecule has 4 nitrogen and oxygen atoms in total. The molecule has 106 valence electrons. The average Bonchev–Trinajstić information content (AvgIpc) is 2.86. The van der Waals surface area contributed by atoms with Crippen molar-refractivity contribution < 1.29 is 9.18 Å². The van der Waals surface area contributed by atoms with Gasteiger partial charge in [0.05, 0.1) is 10.6 Å². The number of halogens is 2. The molecule has 21 heavy (non-hydrogen) atoms. The maximum Gasteiger partial charge on any atom is 0.257 e. The van der Waals surface area contributed by atoms with E-state index in [4.69, 9.17) is 17.3 Å². The van der Waals surface area contributed by atoms with Crippen LogP contribution in [-0.4, -0.2) is 10.9 Å². The Morgan fingerprint density at radius 3 is 2.81 bits per heavy atom. The summed E-state index contributed by atoms with van der Waals surface area (Å²) >= 11 is 5.69. The molecule has 0 fully saturated rings. The molecule has 0 aliphatic carbocycles. The second-order valence-corrected chi connectivity index (χ2v) is 5.00. The Hall–Kier alpha value is -2.53. The fraction of sp³-hybridized carbons (Fsp3) is 0. The van der Waals surface area contributed by atoms with E-state index in [1.54, 1.807) is 24.4 Å². The van der Waals surface area contributed by atoms with Crippen LogP contribution in [-0.2, 0) is 0 Å². The van der Waals surface area contributed by atoms with E-state index in [9.17, 15) is 9.18 Å². The van der Waals surface area contributed by atoms with Crippen LogP contribution in [0.1, 0.15) is 10.4 Å². The largest absolute Gasteiger partial charge is 0.399 e. The number of rotatable bonds is 2. The lowest BCUT2D eigenvalue weighted by molar-refractivity contribution is 0.102. The second-order valence-electron chi connectivity index (χ2n) is 4.59. The number of nitrogens with two attached hydrogens (primary N) is 1. The van der Waals surface area contributed by atoms with Gasteiger partial charge in [-0.2, -0.15) is 0 Å². The molecule has 0 radical (unpaired) electrons. The summed E-state index contributed by atoms with van der Waals surface area (Å²) in [6, 6.07) is 9.28. The SMILES string of the molecule is Nc1ccc2[nH]cc(C(=O)Nc3ccc(F)c(Cl)c3)c2c1. The molecule has 3 aromatic rings. The predicted molar refractivity (Wildman–Crippen MR) is 82.1 cm³/mol. The first-order chi connectivity index (χ1) is 10.0. The van der Waals surface area contributed by atoms with E-state index in [0.717, 1.165) is 10.9 Å². The molecule has 2 aromatic carbocycles. The van der Waals surface area contributed by atoms with Crippen molar-refractivity contribution in [2.24, 2.45) is 0 Å². The smallest absolute Gasteiger partial charge is 0.257 e. The molecule has 6 heteroatoms. The Morgan fingerprint density at radius 1 is 1.24 bits per heavy atom. The quantitative estimate of drug-likeness (QED) is 0.630. The number of fused-ring (bicyclic) bond motifs is 1.